The minimum atomic E-state index is -4.25. The van der Waals surface area contributed by atoms with Crippen LogP contribution in [0.5, 0.6) is 0 Å². The molecule has 96 valence electrons. The molecule has 1 rings (SSSR count). The average molecular weight is 268 g/mol. The molecule has 0 spiro atoms. The smallest absolute Gasteiger partial charge is 0.243 e. The third-order valence-electron chi connectivity index (χ3n) is 2.00. The molecule has 4 nitrogen and oxygen atoms in total. The van der Waals surface area contributed by atoms with Gasteiger partial charge in [-0.25, -0.2) is 26.3 Å². The number of hydrogen-bond donors (Lipinski definition) is 2. The summed E-state index contributed by atoms with van der Waals surface area (Å²) in [5.41, 5.74) is 5.19. The highest BCUT2D eigenvalue weighted by atomic mass is 32.2. The first-order chi connectivity index (χ1) is 7.79. The fourth-order valence-corrected chi connectivity index (χ4v) is 2.42. The van der Waals surface area contributed by atoms with E-state index in [-0.39, 0.29) is 6.54 Å². The third kappa shape index (κ3) is 2.96. The van der Waals surface area contributed by atoms with Crippen molar-refractivity contribution in [2.24, 2.45) is 5.73 Å². The molecule has 3 N–H and O–H groups in total. The highest BCUT2D eigenvalue weighted by Gasteiger charge is 2.24. The number of rotatable bonds is 4. The number of benzene rings is 1. The topological polar surface area (TPSA) is 72.2 Å². The SMILES string of the molecule is C[C@H](CN)NS(=O)(=O)c1ccc(F)c(F)c1F. The van der Waals surface area contributed by atoms with Crippen molar-refractivity contribution in [1.29, 1.82) is 0 Å². The van der Waals surface area contributed by atoms with Gasteiger partial charge in [-0.15, -0.1) is 0 Å². The van der Waals surface area contributed by atoms with Crippen molar-refractivity contribution in [2.45, 2.75) is 17.9 Å². The summed E-state index contributed by atoms with van der Waals surface area (Å²) in [5, 5.41) is 0. The fourth-order valence-electron chi connectivity index (χ4n) is 1.09. The van der Waals surface area contributed by atoms with Gasteiger partial charge in [0.1, 0.15) is 4.90 Å². The summed E-state index contributed by atoms with van der Waals surface area (Å²) in [6, 6.07) is 0.548. The van der Waals surface area contributed by atoms with Crippen LogP contribution in [0.4, 0.5) is 13.2 Å². The monoisotopic (exact) mass is 268 g/mol. The van der Waals surface area contributed by atoms with Crippen molar-refractivity contribution in [3.63, 3.8) is 0 Å². The number of nitrogens with one attached hydrogen (secondary N) is 1. The van der Waals surface area contributed by atoms with Gasteiger partial charge in [0.25, 0.3) is 0 Å². The van der Waals surface area contributed by atoms with Crippen LogP contribution in [0.15, 0.2) is 17.0 Å². The first kappa shape index (κ1) is 13.9. The molecule has 0 aromatic heterocycles. The second-order valence-corrected chi connectivity index (χ2v) is 5.11. The van der Waals surface area contributed by atoms with Crippen molar-refractivity contribution in [3.8, 4) is 0 Å². The molecule has 0 fully saturated rings. The maximum Gasteiger partial charge on any atom is 0.243 e. The van der Waals surface area contributed by atoms with Gasteiger partial charge in [-0.05, 0) is 19.1 Å². The van der Waals surface area contributed by atoms with E-state index in [1.165, 1.54) is 6.92 Å². The number of sulfonamides is 1. The van der Waals surface area contributed by atoms with E-state index in [1.54, 1.807) is 0 Å². The quantitative estimate of drug-likeness (QED) is 0.791. The molecule has 0 unspecified atom stereocenters. The number of halogens is 3. The van der Waals surface area contributed by atoms with Crippen LogP contribution in [0.2, 0.25) is 0 Å². The van der Waals surface area contributed by atoms with Gasteiger partial charge in [-0.2, -0.15) is 0 Å². The Morgan fingerprint density at radius 3 is 2.41 bits per heavy atom. The Balaban J connectivity index is 3.21. The molecule has 1 aromatic carbocycles. The van der Waals surface area contributed by atoms with Gasteiger partial charge in [-0.1, -0.05) is 0 Å². The zero-order valence-electron chi connectivity index (χ0n) is 8.88. The minimum absolute atomic E-state index is 0.00940. The van der Waals surface area contributed by atoms with E-state index in [4.69, 9.17) is 5.73 Å². The van der Waals surface area contributed by atoms with Gasteiger partial charge >= 0.3 is 0 Å². The fraction of sp³-hybridized carbons (Fsp3) is 0.333. The number of hydrogen-bond acceptors (Lipinski definition) is 3. The second kappa shape index (κ2) is 5.03. The highest BCUT2D eigenvalue weighted by molar-refractivity contribution is 7.89. The summed E-state index contributed by atoms with van der Waals surface area (Å²) in [5.74, 6) is -5.02. The van der Waals surface area contributed by atoms with E-state index >= 15 is 0 Å². The predicted octanol–water partition coefficient (Wildman–Crippen LogP) is 0.729. The molecule has 0 saturated carbocycles. The van der Waals surface area contributed by atoms with Crippen molar-refractivity contribution in [1.82, 2.24) is 4.72 Å². The molecule has 0 saturated heterocycles. The summed E-state index contributed by atoms with van der Waals surface area (Å²) in [6.07, 6.45) is 0. The molecule has 0 amide bonds. The van der Waals surface area contributed by atoms with Crippen molar-refractivity contribution in [3.05, 3.63) is 29.6 Å². The minimum Gasteiger partial charge on any atom is -0.329 e. The Bertz CT molecular complexity index is 519. The van der Waals surface area contributed by atoms with Crippen molar-refractivity contribution in [2.75, 3.05) is 6.54 Å². The van der Waals surface area contributed by atoms with Gasteiger partial charge in [0.15, 0.2) is 17.5 Å². The van der Waals surface area contributed by atoms with E-state index in [1.807, 2.05) is 4.72 Å². The average Bonchev–Trinajstić information content (AvgIpc) is 2.24. The van der Waals surface area contributed by atoms with E-state index in [9.17, 15) is 21.6 Å². The lowest BCUT2D eigenvalue weighted by Crippen LogP contribution is -2.38. The van der Waals surface area contributed by atoms with E-state index < -0.39 is 38.4 Å². The normalized spacial score (nSPS) is 13.7. The van der Waals surface area contributed by atoms with Crippen molar-refractivity contribution < 1.29 is 21.6 Å². The van der Waals surface area contributed by atoms with Crippen LogP contribution in [0.1, 0.15) is 6.92 Å². The van der Waals surface area contributed by atoms with Gasteiger partial charge in [0.05, 0.1) is 0 Å². The van der Waals surface area contributed by atoms with Crippen molar-refractivity contribution >= 4 is 10.0 Å². The van der Waals surface area contributed by atoms with Crippen LogP contribution in [0.25, 0.3) is 0 Å². The van der Waals surface area contributed by atoms with Gasteiger partial charge in [0.2, 0.25) is 10.0 Å². The molecule has 0 radical (unpaired) electrons. The molecule has 0 heterocycles. The zero-order valence-corrected chi connectivity index (χ0v) is 9.69. The maximum absolute atomic E-state index is 13.2. The first-order valence-corrected chi connectivity index (χ1v) is 6.13. The molecule has 0 aliphatic rings. The van der Waals surface area contributed by atoms with Crippen LogP contribution in [-0.4, -0.2) is 21.0 Å². The van der Waals surface area contributed by atoms with Gasteiger partial charge in [0, 0.05) is 12.6 Å². The largest absolute Gasteiger partial charge is 0.329 e. The molecule has 17 heavy (non-hydrogen) atoms. The summed E-state index contributed by atoms with van der Waals surface area (Å²) >= 11 is 0. The van der Waals surface area contributed by atoms with Crippen LogP contribution in [-0.2, 0) is 10.0 Å². The second-order valence-electron chi connectivity index (χ2n) is 3.43. The Morgan fingerprint density at radius 1 is 1.29 bits per heavy atom. The summed E-state index contributed by atoms with van der Waals surface area (Å²) in [6.45, 7) is 1.44. The molecule has 0 bridgehead atoms. The standard InChI is InChI=1S/C9H11F3N2O2S/c1-5(4-13)14-17(15,16)7-3-2-6(10)8(11)9(7)12/h2-3,5,14H,4,13H2,1H3/t5-/m1/s1. The van der Waals surface area contributed by atoms with Crippen LogP contribution < -0.4 is 10.5 Å². The van der Waals surface area contributed by atoms with E-state index in [0.29, 0.717) is 12.1 Å². The van der Waals surface area contributed by atoms with E-state index in [2.05, 4.69) is 0 Å². The predicted molar refractivity (Wildman–Crippen MR) is 55.2 cm³/mol. The molecule has 1 aromatic rings. The summed E-state index contributed by atoms with van der Waals surface area (Å²) < 4.78 is 64.0. The highest BCUT2D eigenvalue weighted by Crippen LogP contribution is 2.19. The third-order valence-corrected chi connectivity index (χ3v) is 3.61. The van der Waals surface area contributed by atoms with Crippen LogP contribution in [0.3, 0.4) is 0 Å². The molecular formula is C9H11F3N2O2S. The van der Waals surface area contributed by atoms with Crippen LogP contribution >= 0.6 is 0 Å². The Morgan fingerprint density at radius 2 is 1.88 bits per heavy atom. The Kier molecular flexibility index (Phi) is 4.12. The molecule has 0 aliphatic carbocycles. The zero-order chi connectivity index (χ0) is 13.2. The number of nitrogens with two attached hydrogens (primary N) is 1. The van der Waals surface area contributed by atoms with Crippen LogP contribution in [0, 0.1) is 17.5 Å². The lowest BCUT2D eigenvalue weighted by atomic mass is 10.3. The Hall–Kier alpha value is -1.12. The lowest BCUT2D eigenvalue weighted by molar-refractivity contribution is 0.431. The van der Waals surface area contributed by atoms with Gasteiger partial charge < -0.3 is 5.73 Å². The van der Waals surface area contributed by atoms with E-state index in [0.717, 1.165) is 0 Å². The molecule has 0 aliphatic heterocycles. The molecule has 1 atom stereocenters. The molecule has 8 heteroatoms. The summed E-state index contributed by atoms with van der Waals surface area (Å²) in [7, 11) is -4.25. The maximum atomic E-state index is 13.2. The lowest BCUT2D eigenvalue weighted by Gasteiger charge is -2.12. The summed E-state index contributed by atoms with van der Waals surface area (Å²) in [4.78, 5) is -0.948. The van der Waals surface area contributed by atoms with Gasteiger partial charge in [-0.3, -0.25) is 0 Å². The first-order valence-electron chi connectivity index (χ1n) is 4.65. The Labute approximate surface area is 96.7 Å². The molecular weight excluding hydrogens is 257 g/mol.